The first-order valence-corrected chi connectivity index (χ1v) is 16.4. The summed E-state index contributed by atoms with van der Waals surface area (Å²) in [6, 6.07) is 13.1. The number of halogens is 1. The van der Waals surface area contributed by atoms with E-state index in [-0.39, 0.29) is 29.3 Å². The topological polar surface area (TPSA) is 184 Å². The number of carbonyl (C=O) groups excluding carboxylic acids is 2. The molecule has 7 atom stereocenters. The van der Waals surface area contributed by atoms with Gasteiger partial charge in [0, 0.05) is 18.3 Å². The number of aliphatic hydroxyl groups excluding tert-OH is 1. The largest absolute Gasteiger partial charge is 0.484 e. The number of aromatic amines is 1. The monoisotopic (exact) mass is 675 g/mol. The van der Waals surface area contributed by atoms with Crippen LogP contribution in [0.1, 0.15) is 62.4 Å². The molecule has 3 aromatic rings. The third-order valence-electron chi connectivity index (χ3n) is 7.58. The molecule has 252 valence electrons. The molecule has 14 nitrogen and oxygen atoms in total. The van der Waals surface area contributed by atoms with Crippen molar-refractivity contribution < 1.29 is 46.9 Å². The number of Topliss-reactive ketones (excluding diaryl/α,β-unsaturated/α-hetero) is 1. The van der Waals surface area contributed by atoms with E-state index in [9.17, 15) is 28.8 Å². The molecule has 1 saturated heterocycles. The first-order valence-electron chi connectivity index (χ1n) is 14.8. The number of hydrogen-bond donors (Lipinski definition) is 3. The van der Waals surface area contributed by atoms with Gasteiger partial charge in [0.2, 0.25) is 0 Å². The second-order valence-electron chi connectivity index (χ2n) is 11.7. The van der Waals surface area contributed by atoms with Gasteiger partial charge in [0.05, 0.1) is 24.7 Å². The second kappa shape index (κ2) is 13.5. The van der Waals surface area contributed by atoms with Crippen molar-refractivity contribution in [3.8, 4) is 11.5 Å². The molecule has 2 unspecified atom stereocenters. The summed E-state index contributed by atoms with van der Waals surface area (Å²) in [5.41, 5.74) is -3.18. The molecule has 2 aromatic carbocycles. The molecule has 0 aliphatic carbocycles. The van der Waals surface area contributed by atoms with Crippen LogP contribution in [0.15, 0.2) is 70.4 Å². The first kappa shape index (κ1) is 34.2. The van der Waals surface area contributed by atoms with E-state index in [1.165, 1.54) is 25.1 Å². The lowest BCUT2D eigenvalue weighted by Crippen LogP contribution is -2.43. The highest BCUT2D eigenvalue weighted by Gasteiger charge is 2.56. The number of hydrogen-bond acceptors (Lipinski definition) is 11. The van der Waals surface area contributed by atoms with Gasteiger partial charge in [-0.1, -0.05) is 30.3 Å². The van der Waals surface area contributed by atoms with E-state index in [4.69, 9.17) is 23.3 Å². The number of esters is 1. The van der Waals surface area contributed by atoms with Gasteiger partial charge < -0.3 is 23.8 Å². The number of ether oxygens (including phenoxy) is 3. The van der Waals surface area contributed by atoms with Crippen LogP contribution >= 0.6 is 7.75 Å². The van der Waals surface area contributed by atoms with Crippen LogP contribution in [0.2, 0.25) is 0 Å². The molecule has 0 saturated carbocycles. The summed E-state index contributed by atoms with van der Waals surface area (Å²) < 4.78 is 58.9. The SMILES string of the molecule is CC(C)OC(=O)[C@H](C)NP(=O)(OC[C@H]1O[C@@H](n2ccc(=O)[nH]c2=O)[C@](C)(F)[C@@H]1O)Oc1ccc2c(c1)OC(c1ccccc1)CC2=O. The van der Waals surface area contributed by atoms with Gasteiger partial charge in [0.15, 0.2) is 17.7 Å². The molecule has 0 radical (unpaired) electrons. The van der Waals surface area contributed by atoms with E-state index in [0.717, 1.165) is 29.3 Å². The summed E-state index contributed by atoms with van der Waals surface area (Å²) in [6.45, 7) is 4.88. The van der Waals surface area contributed by atoms with Crippen LogP contribution in [0.5, 0.6) is 11.5 Å². The molecule has 1 aromatic heterocycles. The van der Waals surface area contributed by atoms with Crippen LogP contribution in [0.25, 0.3) is 0 Å². The maximum atomic E-state index is 15.7. The maximum absolute atomic E-state index is 15.7. The molecule has 2 aliphatic heterocycles. The Morgan fingerprint density at radius 1 is 1.17 bits per heavy atom. The Morgan fingerprint density at radius 3 is 2.57 bits per heavy atom. The zero-order valence-electron chi connectivity index (χ0n) is 26.0. The van der Waals surface area contributed by atoms with Crippen LogP contribution in [-0.4, -0.2) is 63.0 Å². The van der Waals surface area contributed by atoms with Crippen LogP contribution in [0, 0.1) is 0 Å². The third-order valence-corrected chi connectivity index (χ3v) is 9.22. The highest BCUT2D eigenvalue weighted by atomic mass is 31.2. The lowest BCUT2D eigenvalue weighted by Gasteiger charge is -2.27. The summed E-state index contributed by atoms with van der Waals surface area (Å²) >= 11 is 0. The minimum absolute atomic E-state index is 0.0635. The minimum atomic E-state index is -4.57. The zero-order chi connectivity index (χ0) is 34.1. The number of benzene rings is 2. The van der Waals surface area contributed by atoms with Crippen molar-refractivity contribution in [3.05, 3.63) is 92.8 Å². The number of carbonyl (C=O) groups is 2. The average Bonchev–Trinajstić information content (AvgIpc) is 3.23. The van der Waals surface area contributed by atoms with E-state index >= 15 is 4.39 Å². The summed E-state index contributed by atoms with van der Waals surface area (Å²) in [5.74, 6) is -0.842. The molecule has 3 heterocycles. The van der Waals surface area contributed by atoms with E-state index in [1.807, 2.05) is 35.3 Å². The molecule has 1 fully saturated rings. The highest BCUT2D eigenvalue weighted by molar-refractivity contribution is 7.52. The smallest absolute Gasteiger partial charge is 0.459 e. The maximum Gasteiger partial charge on any atom is 0.459 e. The molecule has 3 N–H and O–H groups in total. The Morgan fingerprint density at radius 2 is 1.89 bits per heavy atom. The Balaban J connectivity index is 1.39. The fourth-order valence-electron chi connectivity index (χ4n) is 5.20. The molecule has 0 amide bonds. The van der Waals surface area contributed by atoms with Crippen molar-refractivity contribution in [2.45, 2.75) is 76.5 Å². The van der Waals surface area contributed by atoms with Crippen LogP contribution < -0.4 is 25.6 Å². The van der Waals surface area contributed by atoms with Crippen molar-refractivity contribution >= 4 is 19.5 Å². The highest BCUT2D eigenvalue weighted by Crippen LogP contribution is 2.49. The molecule has 5 rings (SSSR count). The predicted molar refractivity (Wildman–Crippen MR) is 164 cm³/mol. The molecular weight excluding hydrogens is 640 g/mol. The van der Waals surface area contributed by atoms with E-state index < -0.39 is 73.9 Å². The van der Waals surface area contributed by atoms with Gasteiger partial charge in [-0.3, -0.25) is 28.5 Å². The van der Waals surface area contributed by atoms with Gasteiger partial charge in [-0.25, -0.2) is 13.8 Å². The third kappa shape index (κ3) is 7.55. The van der Waals surface area contributed by atoms with E-state index in [2.05, 4.69) is 5.09 Å². The molecular formula is C31H35FN3O11P. The number of ketones is 1. The fraction of sp³-hybridized carbons (Fsp3) is 0.419. The Labute approximate surface area is 268 Å². The van der Waals surface area contributed by atoms with Crippen molar-refractivity contribution in [1.29, 1.82) is 0 Å². The molecule has 2 aliphatic rings. The Hall–Kier alpha value is -4.14. The fourth-order valence-corrected chi connectivity index (χ4v) is 6.70. The number of H-pyrrole nitrogens is 1. The second-order valence-corrected chi connectivity index (χ2v) is 13.4. The average molecular weight is 676 g/mol. The molecule has 47 heavy (non-hydrogen) atoms. The number of aliphatic hydroxyl groups is 1. The quantitative estimate of drug-likeness (QED) is 0.199. The predicted octanol–water partition coefficient (Wildman–Crippen LogP) is 3.36. The molecule has 0 bridgehead atoms. The number of rotatable bonds is 11. The van der Waals surface area contributed by atoms with Crippen LogP contribution in [0.3, 0.4) is 0 Å². The number of nitrogens with one attached hydrogen (secondary N) is 2. The van der Waals surface area contributed by atoms with Gasteiger partial charge in [-0.2, -0.15) is 5.09 Å². The van der Waals surface area contributed by atoms with Crippen molar-refractivity contribution in [1.82, 2.24) is 14.6 Å². The summed E-state index contributed by atoms with van der Waals surface area (Å²) in [6.07, 6.45) is -4.99. The number of alkyl halides is 1. The van der Waals surface area contributed by atoms with E-state index in [0.29, 0.717) is 0 Å². The summed E-state index contributed by atoms with van der Waals surface area (Å²) in [4.78, 5) is 51.3. The number of fused-ring (bicyclic) bond motifs is 1. The van der Waals surface area contributed by atoms with Gasteiger partial charge in [0.25, 0.3) is 5.56 Å². The number of nitrogens with zero attached hydrogens (tertiary/aromatic N) is 1. The zero-order valence-corrected chi connectivity index (χ0v) is 26.8. The normalized spacial score (nSPS) is 25.8. The van der Waals surface area contributed by atoms with Gasteiger partial charge in [-0.05, 0) is 45.4 Å². The van der Waals surface area contributed by atoms with Gasteiger partial charge >= 0.3 is 19.4 Å². The Bertz CT molecular complexity index is 1790. The summed E-state index contributed by atoms with van der Waals surface area (Å²) in [7, 11) is -4.57. The van der Waals surface area contributed by atoms with Crippen molar-refractivity contribution in [2.24, 2.45) is 0 Å². The first-order chi connectivity index (χ1) is 22.2. The summed E-state index contributed by atoms with van der Waals surface area (Å²) in [5, 5.41) is 13.3. The van der Waals surface area contributed by atoms with Gasteiger partial charge in [0.1, 0.15) is 35.9 Å². The van der Waals surface area contributed by atoms with Crippen LogP contribution in [0.4, 0.5) is 4.39 Å². The van der Waals surface area contributed by atoms with Crippen molar-refractivity contribution in [2.75, 3.05) is 6.61 Å². The standard InChI is InChI=1S/C31H35FN3O11P/c1-17(2)43-28(39)18(3)34-47(41,42-16-25-27(38)31(4,32)29(45-25)35-13-12-26(37)33-30(35)40)46-20-10-11-21-22(36)15-23(44-24(21)14-20)19-8-6-5-7-9-19/h5-14,17-18,23,25,27,29,38H,15-16H2,1-4H3,(H,34,41)(H,33,37,40)/t18-,23?,25+,27+,29+,31+,47?/m0/s1. The molecule has 16 heteroatoms. The lowest BCUT2D eigenvalue weighted by atomic mass is 9.96. The lowest BCUT2D eigenvalue weighted by molar-refractivity contribution is -0.149. The van der Waals surface area contributed by atoms with E-state index in [1.54, 1.807) is 13.8 Å². The van der Waals surface area contributed by atoms with Gasteiger partial charge in [-0.15, -0.1) is 0 Å². The Kier molecular flexibility index (Phi) is 9.85. The minimum Gasteiger partial charge on any atom is -0.484 e. The number of aromatic nitrogens is 2. The molecule has 0 spiro atoms. The van der Waals surface area contributed by atoms with Crippen molar-refractivity contribution in [3.63, 3.8) is 0 Å². The van der Waals surface area contributed by atoms with Crippen LogP contribution in [-0.2, 0) is 23.4 Å².